The molecular weight excluding hydrogens is 436 g/mol. The molecule has 4 rings (SSSR count). The molecule has 5 heteroatoms. The van der Waals surface area contributed by atoms with Crippen molar-refractivity contribution in [1.29, 1.82) is 5.41 Å². The average molecular weight is 467 g/mol. The normalized spacial score (nSPS) is 11.1. The number of phenols is 1. The van der Waals surface area contributed by atoms with Gasteiger partial charge in [0, 0.05) is 11.0 Å². The van der Waals surface area contributed by atoms with Crippen molar-refractivity contribution in [2.24, 2.45) is 5.73 Å². The number of nitrogens with two attached hydrogens (primary N) is 1. The molecule has 0 unspecified atom stereocenters. The maximum atomic E-state index is 9.58. The minimum atomic E-state index is -0.190. The van der Waals surface area contributed by atoms with Crippen molar-refractivity contribution in [1.82, 2.24) is 0 Å². The molecule has 0 aromatic heterocycles. The van der Waals surface area contributed by atoms with E-state index in [2.05, 4.69) is 32.0 Å². The highest BCUT2D eigenvalue weighted by Gasteiger charge is 2.23. The van der Waals surface area contributed by atoms with Crippen LogP contribution in [0.2, 0.25) is 0 Å². The number of benzene rings is 4. The molecule has 4 N–H and O–H groups in total. The zero-order valence-corrected chi connectivity index (χ0v) is 20.0. The number of nitrogens with one attached hydrogen (secondary N) is 1. The van der Waals surface area contributed by atoms with Gasteiger partial charge in [-0.25, -0.2) is 0 Å². The second-order valence-electron chi connectivity index (χ2n) is 9.04. The van der Waals surface area contributed by atoms with Gasteiger partial charge in [-0.2, -0.15) is 0 Å². The highest BCUT2D eigenvalue weighted by atomic mass is 16.5. The Balaban J connectivity index is 1.36. The number of nitrogen functional groups attached to an aromatic ring is 1. The largest absolute Gasteiger partial charge is 0.508 e. The van der Waals surface area contributed by atoms with Crippen LogP contribution in [0.15, 0.2) is 97.1 Å². The van der Waals surface area contributed by atoms with E-state index in [-0.39, 0.29) is 17.0 Å². The van der Waals surface area contributed by atoms with E-state index in [0.717, 1.165) is 22.4 Å². The fraction of sp³-hybridized carbons (Fsp3) is 0.167. The van der Waals surface area contributed by atoms with Gasteiger partial charge in [-0.1, -0.05) is 68.4 Å². The topological polar surface area (TPSA) is 88.6 Å². The van der Waals surface area contributed by atoms with Crippen LogP contribution in [0.25, 0.3) is 0 Å². The Morgan fingerprint density at radius 2 is 1.29 bits per heavy atom. The first kappa shape index (κ1) is 23.9. The Labute approximate surface area is 206 Å². The van der Waals surface area contributed by atoms with Gasteiger partial charge in [-0.3, -0.25) is 5.41 Å². The van der Waals surface area contributed by atoms with E-state index in [1.54, 1.807) is 24.3 Å². The molecule has 0 aliphatic carbocycles. The molecule has 0 fully saturated rings. The predicted octanol–water partition coefficient (Wildman–Crippen LogP) is 6.16. The summed E-state index contributed by atoms with van der Waals surface area (Å²) in [7, 11) is 0. The smallest absolute Gasteiger partial charge is 0.122 e. The zero-order chi connectivity index (χ0) is 24.8. The molecule has 4 aromatic rings. The second-order valence-corrected chi connectivity index (χ2v) is 9.04. The van der Waals surface area contributed by atoms with E-state index < -0.39 is 0 Å². The zero-order valence-electron chi connectivity index (χ0n) is 20.0. The van der Waals surface area contributed by atoms with Gasteiger partial charge < -0.3 is 20.3 Å². The van der Waals surface area contributed by atoms with E-state index in [4.69, 9.17) is 20.6 Å². The SMILES string of the molecule is CC(C)(c1ccc(O)cc1)c1ccc(OCc2cccc(COc3cccc(C(=N)N)c3)c2)cc1. The lowest BCUT2D eigenvalue weighted by atomic mass is 9.78. The van der Waals surface area contributed by atoms with E-state index >= 15 is 0 Å². The van der Waals surface area contributed by atoms with Crippen LogP contribution in [0.3, 0.4) is 0 Å². The summed E-state index contributed by atoms with van der Waals surface area (Å²) in [5.41, 5.74) is 10.4. The van der Waals surface area contributed by atoms with E-state index in [1.807, 2.05) is 54.6 Å². The highest BCUT2D eigenvalue weighted by Crippen LogP contribution is 2.33. The molecule has 0 saturated carbocycles. The van der Waals surface area contributed by atoms with Crippen molar-refractivity contribution in [3.8, 4) is 17.2 Å². The summed E-state index contributed by atoms with van der Waals surface area (Å²) in [6.07, 6.45) is 0. The summed E-state index contributed by atoms with van der Waals surface area (Å²) in [5, 5.41) is 17.1. The summed E-state index contributed by atoms with van der Waals surface area (Å²) < 4.78 is 11.9. The lowest BCUT2D eigenvalue weighted by Crippen LogP contribution is -2.18. The number of rotatable bonds is 9. The van der Waals surface area contributed by atoms with Crippen LogP contribution in [0, 0.1) is 5.41 Å². The summed E-state index contributed by atoms with van der Waals surface area (Å²) in [4.78, 5) is 0. The molecule has 0 aliphatic heterocycles. The Morgan fingerprint density at radius 3 is 1.89 bits per heavy atom. The van der Waals surface area contributed by atoms with Gasteiger partial charge in [0.05, 0.1) is 0 Å². The van der Waals surface area contributed by atoms with Gasteiger partial charge in [0.15, 0.2) is 0 Å². The number of hydrogen-bond acceptors (Lipinski definition) is 4. The van der Waals surface area contributed by atoms with Crippen LogP contribution < -0.4 is 15.2 Å². The van der Waals surface area contributed by atoms with Gasteiger partial charge in [0.25, 0.3) is 0 Å². The quantitative estimate of drug-likeness (QED) is 0.204. The van der Waals surface area contributed by atoms with Gasteiger partial charge in [-0.05, 0) is 64.7 Å². The van der Waals surface area contributed by atoms with Crippen molar-refractivity contribution >= 4 is 5.84 Å². The molecule has 0 amide bonds. The lowest BCUT2D eigenvalue weighted by Gasteiger charge is -2.26. The highest BCUT2D eigenvalue weighted by molar-refractivity contribution is 5.95. The van der Waals surface area contributed by atoms with Gasteiger partial charge >= 0.3 is 0 Å². The third-order valence-corrected chi connectivity index (χ3v) is 6.11. The Kier molecular flexibility index (Phi) is 7.06. The molecule has 0 radical (unpaired) electrons. The Bertz CT molecular complexity index is 1300. The number of aromatic hydroxyl groups is 1. The van der Waals surface area contributed by atoms with Gasteiger partial charge in [-0.15, -0.1) is 0 Å². The molecule has 178 valence electrons. The van der Waals surface area contributed by atoms with Crippen molar-refractivity contribution in [3.05, 3.63) is 125 Å². The van der Waals surface area contributed by atoms with E-state index in [9.17, 15) is 5.11 Å². The monoisotopic (exact) mass is 466 g/mol. The number of phenolic OH excluding ortho intramolecular Hbond substituents is 1. The third-order valence-electron chi connectivity index (χ3n) is 6.11. The number of hydrogen-bond donors (Lipinski definition) is 3. The maximum Gasteiger partial charge on any atom is 0.122 e. The minimum absolute atomic E-state index is 0.0199. The van der Waals surface area contributed by atoms with Crippen LogP contribution in [-0.4, -0.2) is 10.9 Å². The summed E-state index contributed by atoms with van der Waals surface area (Å²) >= 11 is 0. The standard InChI is InChI=1S/C30H30N2O3/c1-30(2,24-9-13-26(33)14-10-24)25-11-15-27(16-12-25)34-19-21-5-3-6-22(17-21)20-35-28-8-4-7-23(18-28)29(31)32/h3-18,33H,19-20H2,1-2H3,(H3,31,32). The van der Waals surface area contributed by atoms with Crippen LogP contribution in [-0.2, 0) is 18.6 Å². The summed E-state index contributed by atoms with van der Waals surface area (Å²) in [6, 6.07) is 30.8. The van der Waals surface area contributed by atoms with Crippen molar-refractivity contribution < 1.29 is 14.6 Å². The number of ether oxygens (including phenoxy) is 2. The first-order valence-corrected chi connectivity index (χ1v) is 11.5. The molecular formula is C30H30N2O3. The van der Waals surface area contributed by atoms with Crippen LogP contribution in [0.1, 0.15) is 41.7 Å². The molecule has 0 spiro atoms. The van der Waals surface area contributed by atoms with E-state index in [0.29, 0.717) is 24.5 Å². The molecule has 35 heavy (non-hydrogen) atoms. The second kappa shape index (κ2) is 10.3. The Hall–Kier alpha value is -4.25. The van der Waals surface area contributed by atoms with Crippen LogP contribution in [0.4, 0.5) is 0 Å². The first-order chi connectivity index (χ1) is 16.8. The van der Waals surface area contributed by atoms with Crippen molar-refractivity contribution in [2.45, 2.75) is 32.5 Å². The molecule has 0 heterocycles. The Morgan fingerprint density at radius 1 is 0.743 bits per heavy atom. The average Bonchev–Trinajstić information content (AvgIpc) is 2.87. The minimum Gasteiger partial charge on any atom is -0.508 e. The van der Waals surface area contributed by atoms with Crippen molar-refractivity contribution in [3.63, 3.8) is 0 Å². The third kappa shape index (κ3) is 6.01. The fourth-order valence-electron chi connectivity index (χ4n) is 3.91. The summed E-state index contributed by atoms with van der Waals surface area (Å²) in [5.74, 6) is 1.77. The lowest BCUT2D eigenvalue weighted by molar-refractivity contribution is 0.300. The summed E-state index contributed by atoms with van der Waals surface area (Å²) in [6.45, 7) is 5.20. The molecule has 0 atom stereocenters. The van der Waals surface area contributed by atoms with Gasteiger partial charge in [0.2, 0.25) is 0 Å². The molecule has 4 aromatic carbocycles. The first-order valence-electron chi connectivity index (χ1n) is 11.5. The molecule has 5 nitrogen and oxygen atoms in total. The molecule has 0 bridgehead atoms. The van der Waals surface area contributed by atoms with E-state index in [1.165, 1.54) is 5.56 Å². The van der Waals surface area contributed by atoms with Crippen LogP contribution in [0.5, 0.6) is 17.2 Å². The maximum absolute atomic E-state index is 9.58. The fourth-order valence-corrected chi connectivity index (χ4v) is 3.91. The predicted molar refractivity (Wildman–Crippen MR) is 139 cm³/mol. The number of amidine groups is 1. The van der Waals surface area contributed by atoms with Gasteiger partial charge in [0.1, 0.15) is 36.3 Å². The van der Waals surface area contributed by atoms with Crippen molar-refractivity contribution in [2.75, 3.05) is 0 Å². The molecule has 0 saturated heterocycles. The van der Waals surface area contributed by atoms with Crippen LogP contribution >= 0.6 is 0 Å². The molecule has 0 aliphatic rings.